The first-order chi connectivity index (χ1) is 12.2. The van der Waals surface area contributed by atoms with Crippen molar-refractivity contribution < 1.29 is 14.3 Å². The molecule has 1 aromatic heterocycles. The maximum Gasteiger partial charge on any atom is 0.324 e. The SMILES string of the molecule is O=C(Nc1ncc(Cl)s1)N(C1CCCC1)C1CCC2(CC1)OCCO2. The molecule has 2 heterocycles. The number of rotatable bonds is 3. The third-order valence-electron chi connectivity index (χ3n) is 5.57. The Morgan fingerprint density at radius 1 is 1.20 bits per heavy atom. The third-order valence-corrected chi connectivity index (χ3v) is 6.60. The summed E-state index contributed by atoms with van der Waals surface area (Å²) < 4.78 is 12.2. The minimum atomic E-state index is -0.392. The van der Waals surface area contributed by atoms with E-state index in [1.54, 1.807) is 6.20 Å². The lowest BCUT2D eigenvalue weighted by Crippen LogP contribution is -2.51. The number of hydrogen-bond acceptors (Lipinski definition) is 5. The molecule has 1 aromatic rings. The molecule has 0 atom stereocenters. The van der Waals surface area contributed by atoms with Crippen molar-refractivity contribution in [3.05, 3.63) is 10.5 Å². The van der Waals surface area contributed by atoms with Crippen LogP contribution < -0.4 is 5.32 Å². The molecule has 1 aliphatic heterocycles. The largest absolute Gasteiger partial charge is 0.348 e. The fraction of sp³-hybridized carbons (Fsp3) is 0.765. The summed E-state index contributed by atoms with van der Waals surface area (Å²) >= 11 is 7.23. The average molecular weight is 386 g/mol. The molecule has 2 aliphatic carbocycles. The number of ether oxygens (including phenoxy) is 2. The van der Waals surface area contributed by atoms with Gasteiger partial charge in [-0.05, 0) is 25.7 Å². The van der Waals surface area contributed by atoms with Crippen LogP contribution in [0.1, 0.15) is 51.4 Å². The maximum absolute atomic E-state index is 13.0. The number of thiazole rings is 1. The molecule has 3 fully saturated rings. The van der Waals surface area contributed by atoms with Crippen molar-refractivity contribution in [2.45, 2.75) is 69.2 Å². The number of anilines is 1. The summed E-state index contributed by atoms with van der Waals surface area (Å²) in [7, 11) is 0. The zero-order valence-corrected chi connectivity index (χ0v) is 15.8. The monoisotopic (exact) mass is 385 g/mol. The minimum Gasteiger partial charge on any atom is -0.348 e. The Bertz CT molecular complexity index is 604. The summed E-state index contributed by atoms with van der Waals surface area (Å²) in [6, 6.07) is 0.504. The molecule has 0 bridgehead atoms. The number of nitrogens with one attached hydrogen (secondary N) is 1. The first-order valence-electron chi connectivity index (χ1n) is 9.14. The normalized spacial score (nSPS) is 24.0. The van der Waals surface area contributed by atoms with Crippen molar-refractivity contribution in [3.8, 4) is 0 Å². The quantitative estimate of drug-likeness (QED) is 0.844. The van der Waals surface area contributed by atoms with Crippen molar-refractivity contribution in [1.29, 1.82) is 0 Å². The Morgan fingerprint density at radius 3 is 2.44 bits per heavy atom. The van der Waals surface area contributed by atoms with E-state index >= 15 is 0 Å². The molecule has 0 unspecified atom stereocenters. The van der Waals surface area contributed by atoms with Gasteiger partial charge in [-0.25, -0.2) is 9.78 Å². The van der Waals surface area contributed by atoms with Gasteiger partial charge in [0.2, 0.25) is 0 Å². The predicted molar refractivity (Wildman–Crippen MR) is 97.1 cm³/mol. The third kappa shape index (κ3) is 3.79. The molecule has 138 valence electrons. The second kappa shape index (κ2) is 7.39. The number of nitrogens with zero attached hydrogens (tertiary/aromatic N) is 2. The van der Waals surface area contributed by atoms with E-state index in [0.29, 0.717) is 28.7 Å². The highest BCUT2D eigenvalue weighted by Gasteiger charge is 2.43. The molecular formula is C17H24ClN3O3S. The Labute approximate surface area is 156 Å². The zero-order valence-electron chi connectivity index (χ0n) is 14.2. The molecule has 4 rings (SSSR count). The van der Waals surface area contributed by atoms with Crippen LogP contribution in [0.15, 0.2) is 6.20 Å². The second-order valence-corrected chi connectivity index (χ2v) is 8.75. The van der Waals surface area contributed by atoms with Crippen LogP contribution in [0.3, 0.4) is 0 Å². The lowest BCUT2D eigenvalue weighted by molar-refractivity contribution is -0.183. The fourth-order valence-corrected chi connectivity index (χ4v) is 5.19. The lowest BCUT2D eigenvalue weighted by atomic mass is 9.88. The van der Waals surface area contributed by atoms with Crippen LogP contribution in [-0.2, 0) is 9.47 Å². The van der Waals surface area contributed by atoms with Gasteiger partial charge in [-0.1, -0.05) is 35.8 Å². The summed E-state index contributed by atoms with van der Waals surface area (Å²) in [5.41, 5.74) is 0. The van der Waals surface area contributed by atoms with Crippen molar-refractivity contribution in [2.24, 2.45) is 0 Å². The summed E-state index contributed by atoms with van der Waals surface area (Å²) in [5.74, 6) is -0.392. The van der Waals surface area contributed by atoms with Crippen molar-refractivity contribution in [2.75, 3.05) is 18.5 Å². The van der Waals surface area contributed by atoms with Gasteiger partial charge < -0.3 is 14.4 Å². The molecule has 2 saturated carbocycles. The summed E-state index contributed by atoms with van der Waals surface area (Å²) in [5, 5.41) is 3.51. The Kier molecular flexibility index (Phi) is 5.18. The van der Waals surface area contributed by atoms with Crippen molar-refractivity contribution >= 4 is 34.1 Å². The topological polar surface area (TPSA) is 63.7 Å². The van der Waals surface area contributed by atoms with Crippen molar-refractivity contribution in [3.63, 3.8) is 0 Å². The smallest absolute Gasteiger partial charge is 0.324 e. The van der Waals surface area contributed by atoms with Gasteiger partial charge in [0, 0.05) is 24.9 Å². The van der Waals surface area contributed by atoms with Crippen LogP contribution in [0.25, 0.3) is 0 Å². The summed E-state index contributed by atoms with van der Waals surface area (Å²) in [6.45, 7) is 1.37. The summed E-state index contributed by atoms with van der Waals surface area (Å²) in [4.78, 5) is 19.2. The molecule has 2 amide bonds. The van der Waals surface area contributed by atoms with Crippen LogP contribution in [0.4, 0.5) is 9.93 Å². The van der Waals surface area contributed by atoms with Gasteiger partial charge >= 0.3 is 6.03 Å². The Balaban J connectivity index is 1.45. The molecule has 6 nitrogen and oxygen atoms in total. The van der Waals surface area contributed by atoms with E-state index in [-0.39, 0.29) is 12.1 Å². The number of halogens is 1. The highest BCUT2D eigenvalue weighted by Crippen LogP contribution is 2.39. The van der Waals surface area contributed by atoms with Crippen LogP contribution in [0, 0.1) is 0 Å². The van der Waals surface area contributed by atoms with Crippen LogP contribution >= 0.6 is 22.9 Å². The maximum atomic E-state index is 13.0. The van der Waals surface area contributed by atoms with Gasteiger partial charge in [0.25, 0.3) is 0 Å². The van der Waals surface area contributed by atoms with E-state index in [2.05, 4.69) is 15.2 Å². The highest BCUT2D eigenvalue weighted by molar-refractivity contribution is 7.19. The van der Waals surface area contributed by atoms with Gasteiger partial charge in [-0.2, -0.15) is 0 Å². The van der Waals surface area contributed by atoms with Crippen LogP contribution in [0.5, 0.6) is 0 Å². The highest BCUT2D eigenvalue weighted by atomic mass is 35.5. The molecule has 1 saturated heterocycles. The summed E-state index contributed by atoms with van der Waals surface area (Å²) in [6.07, 6.45) is 9.68. The van der Waals surface area contributed by atoms with E-state index < -0.39 is 5.79 Å². The standard InChI is InChI=1S/C17H24ClN3O3S/c18-14-11-19-15(25-14)20-16(22)21(12-3-1-2-4-12)13-5-7-17(8-6-13)23-9-10-24-17/h11-13H,1-10H2,(H,19,20,22). The van der Waals surface area contributed by atoms with E-state index in [9.17, 15) is 4.79 Å². The van der Waals surface area contributed by atoms with E-state index in [1.165, 1.54) is 24.2 Å². The molecule has 0 radical (unpaired) electrons. The number of urea groups is 1. The number of aromatic nitrogens is 1. The van der Waals surface area contributed by atoms with Gasteiger partial charge in [-0.3, -0.25) is 5.32 Å². The molecule has 3 aliphatic rings. The van der Waals surface area contributed by atoms with E-state index in [1.807, 2.05) is 0 Å². The molecular weight excluding hydrogens is 362 g/mol. The van der Waals surface area contributed by atoms with E-state index in [4.69, 9.17) is 21.1 Å². The number of amides is 2. The van der Waals surface area contributed by atoms with Gasteiger partial charge in [0.15, 0.2) is 10.9 Å². The molecule has 1 N–H and O–H groups in total. The average Bonchev–Trinajstić information content (AvgIpc) is 3.34. The number of carbonyl (C=O) groups is 1. The predicted octanol–water partition coefficient (Wildman–Crippen LogP) is 4.26. The molecule has 8 heteroatoms. The molecule has 25 heavy (non-hydrogen) atoms. The van der Waals surface area contributed by atoms with Crippen LogP contribution in [-0.4, -0.2) is 47.0 Å². The van der Waals surface area contributed by atoms with Gasteiger partial charge in [0.1, 0.15) is 4.34 Å². The fourth-order valence-electron chi connectivity index (χ4n) is 4.39. The van der Waals surface area contributed by atoms with Crippen LogP contribution in [0.2, 0.25) is 4.34 Å². The zero-order chi connectivity index (χ0) is 17.3. The number of hydrogen-bond donors (Lipinski definition) is 1. The van der Waals surface area contributed by atoms with Gasteiger partial charge in [-0.15, -0.1) is 0 Å². The first-order valence-corrected chi connectivity index (χ1v) is 10.3. The second-order valence-electron chi connectivity index (χ2n) is 7.08. The van der Waals surface area contributed by atoms with Crippen molar-refractivity contribution in [1.82, 2.24) is 9.88 Å². The minimum absolute atomic E-state index is 0.0490. The first kappa shape index (κ1) is 17.5. The van der Waals surface area contributed by atoms with E-state index in [0.717, 1.165) is 38.5 Å². The van der Waals surface area contributed by atoms with Gasteiger partial charge in [0.05, 0.1) is 19.4 Å². The molecule has 1 spiro atoms. The number of carbonyl (C=O) groups excluding carboxylic acids is 1. The lowest BCUT2D eigenvalue weighted by Gasteiger charge is -2.42. The molecule has 0 aromatic carbocycles. The Hall–Kier alpha value is -0.890. The Morgan fingerprint density at radius 2 is 1.84 bits per heavy atom.